The van der Waals surface area contributed by atoms with Gasteiger partial charge in [-0.1, -0.05) is 45.0 Å². The average molecular weight is 543 g/mol. The summed E-state index contributed by atoms with van der Waals surface area (Å²) in [6.07, 6.45) is 10.2. The van der Waals surface area contributed by atoms with Crippen molar-refractivity contribution in [2.24, 2.45) is 5.41 Å². The van der Waals surface area contributed by atoms with Crippen molar-refractivity contribution in [1.29, 1.82) is 0 Å². The Morgan fingerprint density at radius 3 is 2.58 bits per heavy atom. The van der Waals surface area contributed by atoms with E-state index in [0.717, 1.165) is 54.4 Å². The number of aliphatic hydroxyl groups is 1. The third-order valence-corrected chi connectivity index (χ3v) is 8.02. The lowest BCUT2D eigenvalue weighted by Crippen LogP contribution is -2.52. The normalized spacial score (nSPS) is 19.2. The quantitative estimate of drug-likeness (QED) is 0.345. The van der Waals surface area contributed by atoms with Crippen LogP contribution >= 0.6 is 0 Å². The standard InChI is InChI=1S/C33H42N4O3/c1-22(38)37-28(17-23-7-5-8-26(15-23)25-9-13-34-14-10-25)30(39)21-35-29-19-33(11-6-12-33)40-31-27(29)16-24(20-36-31)18-32(2,3)4/h5,7-10,13-16,20,28-30,35,39H,6,11-12,17-19,21H2,1-4H3,(H,37,38)/t28-,29-,30-/m0/s1. The zero-order chi connectivity index (χ0) is 28.3. The minimum Gasteiger partial charge on any atom is -0.471 e. The third kappa shape index (κ3) is 6.88. The molecule has 1 amide bonds. The fourth-order valence-electron chi connectivity index (χ4n) is 5.97. The van der Waals surface area contributed by atoms with E-state index in [1.807, 2.05) is 30.5 Å². The van der Waals surface area contributed by atoms with Crippen molar-refractivity contribution in [1.82, 2.24) is 20.6 Å². The number of carbonyl (C=O) groups is 1. The summed E-state index contributed by atoms with van der Waals surface area (Å²) in [7, 11) is 0. The first kappa shape index (κ1) is 28.2. The number of nitrogens with zero attached hydrogens (tertiary/aromatic N) is 2. The van der Waals surface area contributed by atoms with Crippen LogP contribution in [0.15, 0.2) is 61.1 Å². The first-order valence-corrected chi connectivity index (χ1v) is 14.4. The van der Waals surface area contributed by atoms with Crippen LogP contribution < -0.4 is 15.4 Å². The molecular weight excluding hydrogens is 500 g/mol. The van der Waals surface area contributed by atoms with Gasteiger partial charge in [0.15, 0.2) is 0 Å². The van der Waals surface area contributed by atoms with Gasteiger partial charge in [0.25, 0.3) is 0 Å². The molecule has 3 N–H and O–H groups in total. The highest BCUT2D eigenvalue weighted by Gasteiger charge is 2.46. The van der Waals surface area contributed by atoms with Gasteiger partial charge >= 0.3 is 0 Å². The number of pyridine rings is 2. The summed E-state index contributed by atoms with van der Waals surface area (Å²) in [4.78, 5) is 21.0. The number of aromatic nitrogens is 2. The molecule has 1 saturated carbocycles. The maximum atomic E-state index is 12.1. The molecular formula is C33H42N4O3. The van der Waals surface area contributed by atoms with Gasteiger partial charge in [0, 0.05) is 50.1 Å². The number of ether oxygens (including phenoxy) is 1. The van der Waals surface area contributed by atoms with E-state index in [0.29, 0.717) is 18.8 Å². The number of fused-ring (bicyclic) bond motifs is 1. The van der Waals surface area contributed by atoms with Crippen LogP contribution in [0.3, 0.4) is 0 Å². The molecule has 40 heavy (non-hydrogen) atoms. The molecule has 7 nitrogen and oxygen atoms in total. The molecule has 2 aromatic heterocycles. The number of hydrogen-bond donors (Lipinski definition) is 3. The molecule has 3 atom stereocenters. The molecule has 1 fully saturated rings. The highest BCUT2D eigenvalue weighted by atomic mass is 16.5. The van der Waals surface area contributed by atoms with Crippen molar-refractivity contribution >= 4 is 5.91 Å². The van der Waals surface area contributed by atoms with Crippen molar-refractivity contribution in [2.45, 2.75) is 90.0 Å². The molecule has 0 radical (unpaired) electrons. The largest absolute Gasteiger partial charge is 0.471 e. The van der Waals surface area contributed by atoms with E-state index in [2.05, 4.69) is 54.6 Å². The van der Waals surface area contributed by atoms with Crippen LogP contribution in [0.5, 0.6) is 5.88 Å². The van der Waals surface area contributed by atoms with Crippen molar-refractivity contribution in [3.63, 3.8) is 0 Å². The van der Waals surface area contributed by atoms with E-state index < -0.39 is 12.1 Å². The van der Waals surface area contributed by atoms with Gasteiger partial charge < -0.3 is 20.5 Å². The van der Waals surface area contributed by atoms with Gasteiger partial charge in [-0.3, -0.25) is 9.78 Å². The second-order valence-corrected chi connectivity index (χ2v) is 12.8. The van der Waals surface area contributed by atoms with E-state index in [1.165, 1.54) is 12.5 Å². The minimum atomic E-state index is -0.775. The van der Waals surface area contributed by atoms with E-state index in [-0.39, 0.29) is 23.0 Å². The van der Waals surface area contributed by atoms with Crippen LogP contribution in [0.1, 0.15) is 76.1 Å². The fourth-order valence-corrected chi connectivity index (χ4v) is 5.97. The Bertz CT molecular complexity index is 1320. The second-order valence-electron chi connectivity index (χ2n) is 12.8. The lowest BCUT2D eigenvalue weighted by Gasteiger charge is -2.47. The van der Waals surface area contributed by atoms with Gasteiger partial charge in [-0.15, -0.1) is 0 Å². The molecule has 5 rings (SSSR count). The van der Waals surface area contributed by atoms with Crippen LogP contribution in [-0.4, -0.2) is 45.3 Å². The number of hydrogen-bond acceptors (Lipinski definition) is 6. The minimum absolute atomic E-state index is 0.0270. The Morgan fingerprint density at radius 1 is 1.12 bits per heavy atom. The van der Waals surface area contributed by atoms with Crippen molar-refractivity contribution in [3.05, 3.63) is 77.7 Å². The van der Waals surface area contributed by atoms with Gasteiger partial charge in [0.1, 0.15) is 5.60 Å². The van der Waals surface area contributed by atoms with Crippen LogP contribution in [0.2, 0.25) is 0 Å². The predicted molar refractivity (Wildman–Crippen MR) is 157 cm³/mol. The second kappa shape index (κ2) is 11.7. The Hall–Kier alpha value is -3.29. The van der Waals surface area contributed by atoms with E-state index in [9.17, 15) is 9.90 Å². The van der Waals surface area contributed by atoms with Gasteiger partial charge in [0.05, 0.1) is 12.1 Å². The first-order valence-electron chi connectivity index (χ1n) is 14.4. The number of nitrogens with one attached hydrogen (secondary N) is 2. The summed E-state index contributed by atoms with van der Waals surface area (Å²) in [6.45, 7) is 8.53. The summed E-state index contributed by atoms with van der Waals surface area (Å²) < 4.78 is 6.43. The van der Waals surface area contributed by atoms with E-state index >= 15 is 0 Å². The average Bonchev–Trinajstić information content (AvgIpc) is 2.90. The maximum Gasteiger partial charge on any atom is 0.218 e. The van der Waals surface area contributed by atoms with Gasteiger partial charge in [-0.05, 0) is 78.0 Å². The highest BCUT2D eigenvalue weighted by Crippen LogP contribution is 2.48. The van der Waals surface area contributed by atoms with Crippen molar-refractivity contribution in [2.75, 3.05) is 6.54 Å². The van der Waals surface area contributed by atoms with Crippen LogP contribution in [0.4, 0.5) is 0 Å². The molecule has 0 unspecified atom stereocenters. The Labute approximate surface area is 237 Å². The smallest absolute Gasteiger partial charge is 0.218 e. The number of carbonyl (C=O) groups excluding carboxylic acids is 1. The van der Waals surface area contributed by atoms with Crippen LogP contribution in [-0.2, 0) is 17.6 Å². The fraction of sp³-hybridized carbons (Fsp3) is 0.485. The summed E-state index contributed by atoms with van der Waals surface area (Å²) in [5, 5.41) is 18.0. The first-order chi connectivity index (χ1) is 19.1. The zero-order valence-electron chi connectivity index (χ0n) is 24.1. The predicted octanol–water partition coefficient (Wildman–Crippen LogP) is 5.18. The molecule has 0 bridgehead atoms. The number of amides is 1. The van der Waals surface area contributed by atoms with E-state index in [4.69, 9.17) is 9.72 Å². The topological polar surface area (TPSA) is 96.4 Å². The van der Waals surface area contributed by atoms with Crippen LogP contribution in [0.25, 0.3) is 11.1 Å². The summed E-state index contributed by atoms with van der Waals surface area (Å²) in [5.41, 5.74) is 5.45. The van der Waals surface area contributed by atoms with Crippen LogP contribution in [0, 0.1) is 5.41 Å². The molecule has 212 valence electrons. The zero-order valence-corrected chi connectivity index (χ0v) is 24.1. The monoisotopic (exact) mass is 542 g/mol. The maximum absolute atomic E-state index is 12.1. The van der Waals surface area contributed by atoms with E-state index in [1.54, 1.807) is 12.4 Å². The lowest BCUT2D eigenvalue weighted by atomic mass is 9.73. The summed E-state index contributed by atoms with van der Waals surface area (Å²) in [6, 6.07) is 14.0. The van der Waals surface area contributed by atoms with Crippen molar-refractivity contribution < 1.29 is 14.6 Å². The summed E-state index contributed by atoms with van der Waals surface area (Å²) in [5.74, 6) is 0.553. The number of benzene rings is 1. The van der Waals surface area contributed by atoms with Crippen molar-refractivity contribution in [3.8, 4) is 17.0 Å². The molecule has 3 aromatic rings. The summed E-state index contributed by atoms with van der Waals surface area (Å²) >= 11 is 0. The Balaban J connectivity index is 1.32. The molecule has 1 spiro atoms. The molecule has 1 aliphatic carbocycles. The molecule has 2 aliphatic rings. The lowest BCUT2D eigenvalue weighted by molar-refractivity contribution is -0.120. The molecule has 3 heterocycles. The number of aliphatic hydroxyl groups excluding tert-OH is 1. The van der Waals surface area contributed by atoms with Gasteiger partial charge in [-0.25, -0.2) is 4.98 Å². The third-order valence-electron chi connectivity index (χ3n) is 8.02. The Morgan fingerprint density at radius 2 is 1.90 bits per heavy atom. The van der Waals surface area contributed by atoms with Gasteiger partial charge in [-0.2, -0.15) is 0 Å². The Kier molecular flexibility index (Phi) is 8.24. The number of rotatable bonds is 9. The van der Waals surface area contributed by atoms with Gasteiger partial charge in [0.2, 0.25) is 11.8 Å². The molecule has 0 saturated heterocycles. The molecule has 1 aromatic carbocycles. The molecule has 1 aliphatic heterocycles. The SMILES string of the molecule is CC(=O)N[C@@H](Cc1cccc(-c2ccncc2)c1)[C@@H](O)CN[C@H]1CC2(CCC2)Oc2ncc(CC(C)(C)C)cc21. The molecule has 7 heteroatoms. The highest BCUT2D eigenvalue weighted by molar-refractivity contribution is 5.73.